The highest BCUT2D eigenvalue weighted by Gasteiger charge is 2.34. The van der Waals surface area contributed by atoms with E-state index in [0.29, 0.717) is 19.6 Å². The van der Waals surface area contributed by atoms with Crippen LogP contribution in [0.2, 0.25) is 0 Å². The van der Waals surface area contributed by atoms with Gasteiger partial charge in [0.25, 0.3) is 0 Å². The summed E-state index contributed by atoms with van der Waals surface area (Å²) in [6.45, 7) is 3.03. The number of hydrogen-bond acceptors (Lipinski definition) is 3. The number of carbonyl (C=O) groups excluding carboxylic acids is 1. The van der Waals surface area contributed by atoms with E-state index in [2.05, 4.69) is 5.32 Å². The maximum atomic E-state index is 12.3. The van der Waals surface area contributed by atoms with E-state index >= 15 is 0 Å². The van der Waals surface area contributed by atoms with Gasteiger partial charge in [-0.05, 0) is 31.4 Å². The van der Waals surface area contributed by atoms with E-state index in [1.807, 2.05) is 37.3 Å². The minimum absolute atomic E-state index is 0. The molecule has 0 radical (unpaired) electrons. The Morgan fingerprint density at radius 1 is 1.32 bits per heavy atom. The highest BCUT2D eigenvalue weighted by molar-refractivity contribution is 5.85. The third-order valence-electron chi connectivity index (χ3n) is 4.35. The van der Waals surface area contributed by atoms with Crippen LogP contribution in [0.3, 0.4) is 0 Å². The van der Waals surface area contributed by atoms with E-state index in [1.165, 1.54) is 0 Å². The summed E-state index contributed by atoms with van der Waals surface area (Å²) in [5.41, 5.74) is 5.69. The van der Waals surface area contributed by atoms with Crippen molar-refractivity contribution in [1.29, 1.82) is 0 Å². The Balaban J connectivity index is 0.00000242. The zero-order chi connectivity index (χ0) is 15.1. The average Bonchev–Trinajstić information content (AvgIpc) is 2.97. The molecule has 124 valence electrons. The van der Waals surface area contributed by atoms with Gasteiger partial charge in [-0.2, -0.15) is 0 Å². The smallest absolute Gasteiger partial charge is 0.223 e. The molecule has 1 aromatic rings. The van der Waals surface area contributed by atoms with Gasteiger partial charge in [0.2, 0.25) is 5.91 Å². The summed E-state index contributed by atoms with van der Waals surface area (Å²) in [4.78, 5) is 12.3. The molecule has 4 nitrogen and oxygen atoms in total. The molecule has 22 heavy (non-hydrogen) atoms. The average molecular weight is 327 g/mol. The van der Waals surface area contributed by atoms with Gasteiger partial charge in [-0.25, -0.2) is 0 Å². The molecule has 5 heteroatoms. The standard InChI is InChI=1S/C17H26N2O2.ClH/c1-14(9-12-21-15-7-3-2-4-8-15)16(20)19-17(13-18)10-5-6-11-17;/h2-4,7-8,14H,5-6,9-13,18H2,1H3,(H,19,20);1H. The van der Waals surface area contributed by atoms with E-state index in [4.69, 9.17) is 10.5 Å². The highest BCUT2D eigenvalue weighted by atomic mass is 35.5. The van der Waals surface area contributed by atoms with E-state index in [1.54, 1.807) is 0 Å². The topological polar surface area (TPSA) is 64.3 Å². The maximum Gasteiger partial charge on any atom is 0.223 e. The number of halogens is 1. The molecule has 0 aliphatic heterocycles. The predicted molar refractivity (Wildman–Crippen MR) is 91.4 cm³/mol. The Kier molecular flexibility index (Phi) is 7.69. The quantitative estimate of drug-likeness (QED) is 0.809. The Bertz CT molecular complexity index is 447. The second-order valence-corrected chi connectivity index (χ2v) is 6.03. The summed E-state index contributed by atoms with van der Waals surface area (Å²) in [5, 5.41) is 3.17. The van der Waals surface area contributed by atoms with Crippen molar-refractivity contribution < 1.29 is 9.53 Å². The molecule has 1 unspecified atom stereocenters. The van der Waals surface area contributed by atoms with Crippen molar-refractivity contribution in [2.45, 2.75) is 44.6 Å². The first kappa shape index (κ1) is 18.8. The Morgan fingerprint density at radius 3 is 2.55 bits per heavy atom. The number of amides is 1. The summed E-state index contributed by atoms with van der Waals surface area (Å²) in [6.07, 6.45) is 5.03. The second kappa shape index (κ2) is 9.01. The molecule has 1 saturated carbocycles. The Hall–Kier alpha value is -1.26. The van der Waals surface area contributed by atoms with Gasteiger partial charge >= 0.3 is 0 Å². The molecule has 0 saturated heterocycles. The second-order valence-electron chi connectivity index (χ2n) is 6.03. The third-order valence-corrected chi connectivity index (χ3v) is 4.35. The van der Waals surface area contributed by atoms with E-state index < -0.39 is 0 Å². The van der Waals surface area contributed by atoms with Gasteiger partial charge in [-0.3, -0.25) is 4.79 Å². The van der Waals surface area contributed by atoms with Crippen molar-refractivity contribution >= 4 is 18.3 Å². The lowest BCUT2D eigenvalue weighted by Gasteiger charge is -2.30. The van der Waals surface area contributed by atoms with Crippen LogP contribution in [0, 0.1) is 5.92 Å². The van der Waals surface area contributed by atoms with E-state index in [9.17, 15) is 4.79 Å². The summed E-state index contributed by atoms with van der Waals surface area (Å²) in [7, 11) is 0. The van der Waals surface area contributed by atoms with Gasteiger partial charge < -0.3 is 15.8 Å². The molecule has 1 aliphatic rings. The number of nitrogens with one attached hydrogen (secondary N) is 1. The first-order valence-electron chi connectivity index (χ1n) is 7.85. The highest BCUT2D eigenvalue weighted by Crippen LogP contribution is 2.29. The van der Waals surface area contributed by atoms with Gasteiger partial charge in [0.15, 0.2) is 0 Å². The third kappa shape index (κ3) is 5.18. The van der Waals surface area contributed by atoms with Crippen molar-refractivity contribution in [3.8, 4) is 5.75 Å². The molecule has 1 aromatic carbocycles. The monoisotopic (exact) mass is 326 g/mol. The number of para-hydroxylation sites is 1. The number of nitrogens with two attached hydrogens (primary N) is 1. The normalized spacial score (nSPS) is 17.4. The van der Waals surface area contributed by atoms with Crippen LogP contribution in [0.25, 0.3) is 0 Å². The number of rotatable bonds is 7. The Morgan fingerprint density at radius 2 is 1.95 bits per heavy atom. The lowest BCUT2D eigenvalue weighted by molar-refractivity contribution is -0.126. The molecular weight excluding hydrogens is 300 g/mol. The van der Waals surface area contributed by atoms with Crippen LogP contribution in [-0.4, -0.2) is 24.6 Å². The molecule has 1 fully saturated rings. The predicted octanol–water partition coefficient (Wildman–Crippen LogP) is 2.90. The zero-order valence-electron chi connectivity index (χ0n) is 13.2. The minimum Gasteiger partial charge on any atom is -0.494 e. The molecule has 1 amide bonds. The van der Waals surface area contributed by atoms with Crippen molar-refractivity contribution in [1.82, 2.24) is 5.32 Å². The fourth-order valence-corrected chi connectivity index (χ4v) is 2.82. The van der Waals surface area contributed by atoms with Crippen LogP contribution in [0.4, 0.5) is 0 Å². The van der Waals surface area contributed by atoms with Crippen LogP contribution in [0.5, 0.6) is 5.75 Å². The van der Waals surface area contributed by atoms with Crippen molar-refractivity contribution in [3.63, 3.8) is 0 Å². The van der Waals surface area contributed by atoms with E-state index in [0.717, 1.165) is 31.4 Å². The molecule has 0 heterocycles. The number of hydrogen-bond donors (Lipinski definition) is 2. The molecule has 0 spiro atoms. The molecular formula is C17H27ClN2O2. The van der Waals surface area contributed by atoms with Gasteiger partial charge in [0.05, 0.1) is 12.1 Å². The Labute approximate surface area is 139 Å². The zero-order valence-corrected chi connectivity index (χ0v) is 14.0. The summed E-state index contributed by atoms with van der Waals surface area (Å²) >= 11 is 0. The van der Waals surface area contributed by atoms with E-state index in [-0.39, 0.29) is 29.8 Å². The molecule has 0 aromatic heterocycles. The maximum absolute atomic E-state index is 12.3. The lowest BCUT2D eigenvalue weighted by atomic mass is 9.96. The fraction of sp³-hybridized carbons (Fsp3) is 0.588. The van der Waals surface area contributed by atoms with Gasteiger partial charge in [0, 0.05) is 12.5 Å². The lowest BCUT2D eigenvalue weighted by Crippen LogP contribution is -2.53. The van der Waals surface area contributed by atoms with Crippen molar-refractivity contribution in [3.05, 3.63) is 30.3 Å². The molecule has 1 atom stereocenters. The van der Waals surface area contributed by atoms with Crippen molar-refractivity contribution in [2.24, 2.45) is 11.7 Å². The first-order valence-corrected chi connectivity index (χ1v) is 7.85. The van der Waals surface area contributed by atoms with Crippen LogP contribution < -0.4 is 15.8 Å². The first-order chi connectivity index (χ1) is 10.2. The summed E-state index contributed by atoms with van der Waals surface area (Å²) < 4.78 is 5.64. The van der Waals surface area contributed by atoms with Crippen LogP contribution in [0.1, 0.15) is 39.0 Å². The number of carbonyl (C=O) groups is 1. The molecule has 3 N–H and O–H groups in total. The van der Waals surface area contributed by atoms with Crippen molar-refractivity contribution in [2.75, 3.05) is 13.2 Å². The minimum atomic E-state index is -0.161. The van der Waals surface area contributed by atoms with Crippen LogP contribution in [0.15, 0.2) is 30.3 Å². The molecule has 0 bridgehead atoms. The molecule has 1 aliphatic carbocycles. The number of benzene rings is 1. The summed E-state index contributed by atoms with van der Waals surface area (Å²) in [6, 6.07) is 9.68. The fourth-order valence-electron chi connectivity index (χ4n) is 2.82. The SMILES string of the molecule is CC(CCOc1ccccc1)C(=O)NC1(CN)CCCC1.Cl. The summed E-state index contributed by atoms with van der Waals surface area (Å²) in [5.74, 6) is 0.885. The van der Waals surface area contributed by atoms with Gasteiger partial charge in [-0.15, -0.1) is 12.4 Å². The molecule has 2 rings (SSSR count). The van der Waals surface area contributed by atoms with Gasteiger partial charge in [0.1, 0.15) is 5.75 Å². The largest absolute Gasteiger partial charge is 0.494 e. The van der Waals surface area contributed by atoms with Gasteiger partial charge in [-0.1, -0.05) is 38.0 Å². The van der Waals surface area contributed by atoms with Crippen LogP contribution in [-0.2, 0) is 4.79 Å². The van der Waals surface area contributed by atoms with Crippen LogP contribution >= 0.6 is 12.4 Å². The number of ether oxygens (including phenoxy) is 1.